The number of benzene rings is 1. The van der Waals surface area contributed by atoms with E-state index in [1.54, 1.807) is 12.3 Å². The Morgan fingerprint density at radius 1 is 1.46 bits per heavy atom. The van der Waals surface area contributed by atoms with Crippen LogP contribution >= 0.6 is 0 Å². The van der Waals surface area contributed by atoms with Crippen molar-refractivity contribution in [3.8, 4) is 0 Å². The summed E-state index contributed by atoms with van der Waals surface area (Å²) in [5.41, 5.74) is 0.422. The maximum atomic E-state index is 13.2. The number of ether oxygens (including phenoxy) is 1. The number of sulfonamides is 1. The molecule has 6 nitrogen and oxygen atoms in total. The molecule has 0 unspecified atom stereocenters. The van der Waals surface area contributed by atoms with Gasteiger partial charge in [0.15, 0.2) is 0 Å². The average molecular weight is 353 g/mol. The molecule has 3 rings (SSSR count). The van der Waals surface area contributed by atoms with Gasteiger partial charge in [0.25, 0.3) is 0 Å². The molecule has 1 fully saturated rings. The first kappa shape index (κ1) is 17.1. The van der Waals surface area contributed by atoms with Crippen LogP contribution in [0, 0.1) is 11.7 Å². The topological polar surface area (TPSA) is 73.2 Å². The molecule has 1 saturated heterocycles. The van der Waals surface area contributed by atoms with Crippen LogP contribution in [0.15, 0.2) is 36.7 Å². The van der Waals surface area contributed by atoms with Crippen molar-refractivity contribution in [1.82, 2.24) is 14.3 Å². The zero-order chi connectivity index (χ0) is 17.2. The lowest BCUT2D eigenvalue weighted by molar-refractivity contribution is 0.0823. The molecule has 0 radical (unpaired) electrons. The zero-order valence-electron chi connectivity index (χ0n) is 13.4. The lowest BCUT2D eigenvalue weighted by Gasteiger charge is -2.18. The van der Waals surface area contributed by atoms with Gasteiger partial charge in [-0.3, -0.25) is 0 Å². The van der Waals surface area contributed by atoms with Gasteiger partial charge < -0.3 is 9.30 Å². The van der Waals surface area contributed by atoms with Gasteiger partial charge in [0.2, 0.25) is 10.0 Å². The summed E-state index contributed by atoms with van der Waals surface area (Å²) in [5, 5.41) is 0. The molecule has 1 aromatic carbocycles. The monoisotopic (exact) mass is 353 g/mol. The Balaban J connectivity index is 1.63. The third-order valence-corrected chi connectivity index (χ3v) is 5.46. The van der Waals surface area contributed by atoms with Crippen molar-refractivity contribution >= 4 is 10.0 Å². The fourth-order valence-electron chi connectivity index (χ4n) is 2.91. The molecule has 0 spiro atoms. The quantitative estimate of drug-likeness (QED) is 0.859. The molecular formula is C16H20FN3O3S. The SMILES string of the molecule is Cn1ccnc1[C@@H]1OCC[C@H]1CNS(=O)(=O)Cc1cccc(F)c1. The van der Waals surface area contributed by atoms with Crippen molar-refractivity contribution in [1.29, 1.82) is 0 Å². The van der Waals surface area contributed by atoms with E-state index in [2.05, 4.69) is 9.71 Å². The van der Waals surface area contributed by atoms with Crippen molar-refractivity contribution in [2.24, 2.45) is 13.0 Å². The van der Waals surface area contributed by atoms with Gasteiger partial charge in [-0.05, 0) is 24.1 Å². The molecule has 2 aromatic rings. The Morgan fingerprint density at radius 3 is 3.00 bits per heavy atom. The van der Waals surface area contributed by atoms with E-state index < -0.39 is 15.8 Å². The second-order valence-electron chi connectivity index (χ2n) is 5.97. The van der Waals surface area contributed by atoms with Gasteiger partial charge >= 0.3 is 0 Å². The highest BCUT2D eigenvalue weighted by Gasteiger charge is 2.33. The Hall–Kier alpha value is -1.77. The molecule has 130 valence electrons. The molecule has 2 heterocycles. The minimum atomic E-state index is -3.54. The number of nitrogens with zero attached hydrogens (tertiary/aromatic N) is 2. The Bertz CT molecular complexity index is 806. The predicted molar refractivity (Wildman–Crippen MR) is 87.0 cm³/mol. The van der Waals surface area contributed by atoms with Crippen LogP contribution in [0.2, 0.25) is 0 Å². The van der Waals surface area contributed by atoms with Crippen LogP contribution in [0.25, 0.3) is 0 Å². The van der Waals surface area contributed by atoms with E-state index in [9.17, 15) is 12.8 Å². The van der Waals surface area contributed by atoms with Crippen LogP contribution in [0.5, 0.6) is 0 Å². The van der Waals surface area contributed by atoms with Crippen LogP contribution in [-0.2, 0) is 27.6 Å². The number of rotatable bonds is 6. The summed E-state index contributed by atoms with van der Waals surface area (Å²) in [4.78, 5) is 4.29. The number of halogens is 1. The predicted octanol–water partition coefficient (Wildman–Crippen LogP) is 1.76. The largest absolute Gasteiger partial charge is 0.370 e. The van der Waals surface area contributed by atoms with E-state index in [1.165, 1.54) is 18.2 Å². The van der Waals surface area contributed by atoms with Crippen LogP contribution in [-0.4, -0.2) is 31.1 Å². The van der Waals surface area contributed by atoms with Crippen molar-refractivity contribution in [2.75, 3.05) is 13.2 Å². The van der Waals surface area contributed by atoms with Crippen LogP contribution < -0.4 is 4.72 Å². The molecular weight excluding hydrogens is 333 g/mol. The van der Waals surface area contributed by atoms with Crippen molar-refractivity contribution in [3.05, 3.63) is 53.9 Å². The summed E-state index contributed by atoms with van der Waals surface area (Å²) in [6, 6.07) is 5.62. The summed E-state index contributed by atoms with van der Waals surface area (Å²) in [6.07, 6.45) is 4.08. The Kier molecular flexibility index (Phi) is 4.98. The molecule has 1 aliphatic rings. The zero-order valence-corrected chi connectivity index (χ0v) is 14.2. The summed E-state index contributed by atoms with van der Waals surface area (Å²) >= 11 is 0. The maximum absolute atomic E-state index is 13.2. The molecule has 24 heavy (non-hydrogen) atoms. The summed E-state index contributed by atoms with van der Waals surface area (Å²) in [5.74, 6) is 0.128. The van der Waals surface area contributed by atoms with Crippen molar-refractivity contribution in [3.63, 3.8) is 0 Å². The van der Waals surface area contributed by atoms with E-state index >= 15 is 0 Å². The Labute approximate surface area is 140 Å². The molecule has 1 aromatic heterocycles. The smallest absolute Gasteiger partial charge is 0.215 e. The number of imidazole rings is 1. The molecule has 0 amide bonds. The van der Waals surface area contributed by atoms with Crippen LogP contribution in [0.3, 0.4) is 0 Å². The third kappa shape index (κ3) is 4.00. The van der Waals surface area contributed by atoms with Gasteiger partial charge in [-0.25, -0.2) is 22.5 Å². The molecule has 1 aliphatic heterocycles. The summed E-state index contributed by atoms with van der Waals surface area (Å²) in [6.45, 7) is 0.850. The molecule has 2 atom stereocenters. The van der Waals surface area contributed by atoms with Crippen LogP contribution in [0.4, 0.5) is 4.39 Å². The van der Waals surface area contributed by atoms with Gasteiger partial charge in [-0.15, -0.1) is 0 Å². The molecule has 1 N–H and O–H groups in total. The van der Waals surface area contributed by atoms with Gasteiger partial charge in [-0.2, -0.15) is 0 Å². The van der Waals surface area contributed by atoms with Crippen molar-refractivity contribution < 1.29 is 17.5 Å². The first-order valence-electron chi connectivity index (χ1n) is 7.75. The lowest BCUT2D eigenvalue weighted by Crippen LogP contribution is -2.32. The van der Waals surface area contributed by atoms with E-state index in [0.29, 0.717) is 12.2 Å². The first-order chi connectivity index (χ1) is 11.4. The second kappa shape index (κ2) is 7.00. The lowest BCUT2D eigenvalue weighted by atomic mass is 10.0. The van der Waals surface area contributed by atoms with E-state index in [0.717, 1.165) is 12.2 Å². The van der Waals surface area contributed by atoms with Crippen molar-refractivity contribution in [2.45, 2.75) is 18.3 Å². The van der Waals surface area contributed by atoms with E-state index in [1.807, 2.05) is 17.8 Å². The number of hydrogen-bond donors (Lipinski definition) is 1. The highest BCUT2D eigenvalue weighted by Crippen LogP contribution is 2.33. The van der Waals surface area contributed by atoms with E-state index in [4.69, 9.17) is 4.74 Å². The third-order valence-electron chi connectivity index (χ3n) is 4.14. The minimum Gasteiger partial charge on any atom is -0.370 e. The fourth-order valence-corrected chi connectivity index (χ4v) is 4.10. The van der Waals surface area contributed by atoms with Gasteiger partial charge in [0, 0.05) is 38.5 Å². The maximum Gasteiger partial charge on any atom is 0.215 e. The Morgan fingerprint density at radius 2 is 2.29 bits per heavy atom. The number of hydrogen-bond acceptors (Lipinski definition) is 4. The first-order valence-corrected chi connectivity index (χ1v) is 9.40. The summed E-state index contributed by atoms with van der Waals surface area (Å²) in [7, 11) is -1.66. The number of aromatic nitrogens is 2. The molecule has 8 heteroatoms. The highest BCUT2D eigenvalue weighted by molar-refractivity contribution is 7.88. The second-order valence-corrected chi connectivity index (χ2v) is 7.78. The highest BCUT2D eigenvalue weighted by atomic mass is 32.2. The van der Waals surface area contributed by atoms with Gasteiger partial charge in [-0.1, -0.05) is 12.1 Å². The standard InChI is InChI=1S/C16H20FN3O3S/c1-20-7-6-18-16(20)15-13(5-8-23-15)10-19-24(21,22)11-12-3-2-4-14(17)9-12/h2-4,6-7,9,13,15,19H,5,8,10-11H2,1H3/t13-,15+/m0/s1. The van der Waals surface area contributed by atoms with E-state index in [-0.39, 0.29) is 24.3 Å². The fraction of sp³-hybridized carbons (Fsp3) is 0.438. The normalized spacial score (nSPS) is 21.2. The molecule has 0 saturated carbocycles. The number of nitrogens with one attached hydrogen (secondary N) is 1. The van der Waals surface area contributed by atoms with Gasteiger partial charge in [0.1, 0.15) is 17.7 Å². The van der Waals surface area contributed by atoms with Crippen LogP contribution in [0.1, 0.15) is 23.9 Å². The molecule has 0 bridgehead atoms. The summed E-state index contributed by atoms with van der Waals surface area (Å²) < 4.78 is 47.9. The minimum absolute atomic E-state index is 0.0217. The number of aryl methyl sites for hydroxylation is 1. The van der Waals surface area contributed by atoms with Gasteiger partial charge in [0.05, 0.1) is 5.75 Å². The molecule has 0 aliphatic carbocycles. The average Bonchev–Trinajstić information content (AvgIpc) is 3.13.